The van der Waals surface area contributed by atoms with Crippen molar-refractivity contribution in [3.8, 4) is 0 Å². The topological polar surface area (TPSA) is 52.0 Å². The molecule has 0 radical (unpaired) electrons. The molecule has 0 aliphatic heterocycles. The lowest BCUT2D eigenvalue weighted by Gasteiger charge is -2.36. The Morgan fingerprint density at radius 2 is 1.83 bits per heavy atom. The van der Waals surface area contributed by atoms with Crippen molar-refractivity contribution < 1.29 is 0 Å². The molecule has 2 heteroatoms. The van der Waals surface area contributed by atoms with Gasteiger partial charge in [-0.2, -0.15) is 0 Å². The molecule has 1 aliphatic rings. The first kappa shape index (κ1) is 9.49. The molecular formula is C10H18N2. The van der Waals surface area contributed by atoms with E-state index in [1.807, 2.05) is 13.0 Å². The number of hydrogen-bond donors (Lipinski definition) is 2. The quantitative estimate of drug-likeness (QED) is 0.570. The standard InChI is InChI=1S/C10H18N2/c1-6-5-9(11)10(4,12)8(3)7(6)2/h5,9H,11-12H2,1-4H3. The molecule has 0 bridgehead atoms. The number of allylic oxidation sites excluding steroid dienone is 2. The lowest BCUT2D eigenvalue weighted by Crippen LogP contribution is -2.54. The van der Waals surface area contributed by atoms with Crippen LogP contribution in [0.3, 0.4) is 0 Å². The molecule has 0 aromatic rings. The summed E-state index contributed by atoms with van der Waals surface area (Å²) in [6, 6.07) is -0.0544. The van der Waals surface area contributed by atoms with Gasteiger partial charge in [0.2, 0.25) is 0 Å². The lowest BCUT2D eigenvalue weighted by molar-refractivity contribution is 0.477. The average molecular weight is 166 g/mol. The van der Waals surface area contributed by atoms with E-state index in [0.29, 0.717) is 0 Å². The van der Waals surface area contributed by atoms with Crippen molar-refractivity contribution in [2.45, 2.75) is 39.3 Å². The van der Waals surface area contributed by atoms with E-state index in [2.05, 4.69) is 20.8 Å². The molecule has 2 atom stereocenters. The van der Waals surface area contributed by atoms with Gasteiger partial charge in [0.25, 0.3) is 0 Å². The van der Waals surface area contributed by atoms with Crippen molar-refractivity contribution in [2.75, 3.05) is 0 Å². The first-order chi connectivity index (χ1) is 5.37. The molecule has 0 fully saturated rings. The second kappa shape index (κ2) is 2.71. The van der Waals surface area contributed by atoms with Gasteiger partial charge in [-0.1, -0.05) is 11.6 Å². The summed E-state index contributed by atoms with van der Waals surface area (Å²) in [6.07, 6.45) is 2.04. The highest BCUT2D eigenvalue weighted by atomic mass is 14.8. The number of nitrogens with two attached hydrogens (primary N) is 2. The van der Waals surface area contributed by atoms with Gasteiger partial charge in [-0.3, -0.25) is 0 Å². The zero-order valence-corrected chi connectivity index (χ0v) is 8.31. The molecule has 0 amide bonds. The Balaban J connectivity index is 3.18. The molecule has 2 nitrogen and oxygen atoms in total. The smallest absolute Gasteiger partial charge is 0.0533 e. The Labute approximate surface area is 74.3 Å². The third kappa shape index (κ3) is 1.21. The maximum Gasteiger partial charge on any atom is 0.0533 e. The maximum atomic E-state index is 6.09. The van der Waals surface area contributed by atoms with E-state index in [1.54, 1.807) is 0 Å². The summed E-state index contributed by atoms with van der Waals surface area (Å²) < 4.78 is 0. The molecule has 68 valence electrons. The summed E-state index contributed by atoms with van der Waals surface area (Å²) >= 11 is 0. The van der Waals surface area contributed by atoms with Crippen molar-refractivity contribution in [1.82, 2.24) is 0 Å². The summed E-state index contributed by atoms with van der Waals surface area (Å²) in [7, 11) is 0. The third-order valence-corrected chi connectivity index (χ3v) is 3.08. The summed E-state index contributed by atoms with van der Waals surface area (Å²) in [5.41, 5.74) is 15.4. The van der Waals surface area contributed by atoms with Gasteiger partial charge < -0.3 is 11.5 Å². The first-order valence-corrected chi connectivity index (χ1v) is 4.28. The Morgan fingerprint density at radius 3 is 2.33 bits per heavy atom. The molecule has 0 spiro atoms. The summed E-state index contributed by atoms with van der Waals surface area (Å²) in [4.78, 5) is 0. The van der Waals surface area contributed by atoms with E-state index in [1.165, 1.54) is 16.7 Å². The Bertz CT molecular complexity index is 259. The average Bonchev–Trinajstić information content (AvgIpc) is 1.99. The van der Waals surface area contributed by atoms with Crippen LogP contribution < -0.4 is 11.5 Å². The second-order valence-corrected chi connectivity index (χ2v) is 3.91. The highest BCUT2D eigenvalue weighted by Crippen LogP contribution is 2.29. The van der Waals surface area contributed by atoms with Crippen LogP contribution in [-0.2, 0) is 0 Å². The van der Waals surface area contributed by atoms with Gasteiger partial charge in [0, 0.05) is 6.04 Å². The van der Waals surface area contributed by atoms with Crippen molar-refractivity contribution in [3.05, 3.63) is 22.8 Å². The highest BCUT2D eigenvalue weighted by Gasteiger charge is 2.31. The predicted molar refractivity (Wildman–Crippen MR) is 52.7 cm³/mol. The minimum absolute atomic E-state index is 0.0544. The van der Waals surface area contributed by atoms with Gasteiger partial charge in [0.05, 0.1) is 5.54 Å². The van der Waals surface area contributed by atoms with Crippen molar-refractivity contribution in [1.29, 1.82) is 0 Å². The zero-order chi connectivity index (χ0) is 9.52. The summed E-state index contributed by atoms with van der Waals surface area (Å²) in [5.74, 6) is 0. The van der Waals surface area contributed by atoms with Crippen LogP contribution in [0.5, 0.6) is 0 Å². The second-order valence-electron chi connectivity index (χ2n) is 3.91. The monoisotopic (exact) mass is 166 g/mol. The van der Waals surface area contributed by atoms with Crippen LogP contribution >= 0.6 is 0 Å². The van der Waals surface area contributed by atoms with Crippen molar-refractivity contribution in [2.24, 2.45) is 11.5 Å². The fraction of sp³-hybridized carbons (Fsp3) is 0.600. The molecule has 0 saturated heterocycles. The number of rotatable bonds is 0. The Morgan fingerprint density at radius 1 is 1.33 bits per heavy atom. The normalized spacial score (nSPS) is 36.8. The van der Waals surface area contributed by atoms with Gasteiger partial charge in [0.1, 0.15) is 0 Å². The Hall–Kier alpha value is -0.600. The molecule has 2 unspecified atom stereocenters. The van der Waals surface area contributed by atoms with E-state index in [4.69, 9.17) is 11.5 Å². The molecule has 0 saturated carbocycles. The molecule has 0 heterocycles. The van der Waals surface area contributed by atoms with Gasteiger partial charge >= 0.3 is 0 Å². The van der Waals surface area contributed by atoms with E-state index >= 15 is 0 Å². The van der Waals surface area contributed by atoms with Crippen LogP contribution in [0.2, 0.25) is 0 Å². The van der Waals surface area contributed by atoms with E-state index in [9.17, 15) is 0 Å². The van der Waals surface area contributed by atoms with Crippen molar-refractivity contribution in [3.63, 3.8) is 0 Å². The third-order valence-electron chi connectivity index (χ3n) is 3.08. The van der Waals surface area contributed by atoms with Crippen LogP contribution in [0.15, 0.2) is 22.8 Å². The van der Waals surface area contributed by atoms with Gasteiger partial charge in [-0.15, -0.1) is 0 Å². The maximum absolute atomic E-state index is 6.09. The van der Waals surface area contributed by atoms with Gasteiger partial charge in [-0.25, -0.2) is 0 Å². The molecule has 1 aliphatic carbocycles. The fourth-order valence-electron chi connectivity index (χ4n) is 1.52. The van der Waals surface area contributed by atoms with Crippen LogP contribution in [0.25, 0.3) is 0 Å². The van der Waals surface area contributed by atoms with Crippen LogP contribution in [0.4, 0.5) is 0 Å². The van der Waals surface area contributed by atoms with E-state index < -0.39 is 0 Å². The van der Waals surface area contributed by atoms with Crippen LogP contribution in [0.1, 0.15) is 27.7 Å². The predicted octanol–water partition coefficient (Wildman–Crippen LogP) is 1.33. The molecular weight excluding hydrogens is 148 g/mol. The molecule has 4 N–H and O–H groups in total. The van der Waals surface area contributed by atoms with E-state index in [0.717, 1.165) is 0 Å². The summed E-state index contributed by atoms with van der Waals surface area (Å²) in [5, 5.41) is 0. The number of hydrogen-bond acceptors (Lipinski definition) is 2. The fourth-order valence-corrected chi connectivity index (χ4v) is 1.52. The highest BCUT2D eigenvalue weighted by molar-refractivity contribution is 5.43. The molecule has 0 aromatic heterocycles. The minimum atomic E-state index is -0.371. The zero-order valence-electron chi connectivity index (χ0n) is 8.31. The summed E-state index contributed by atoms with van der Waals surface area (Å²) in [6.45, 7) is 8.22. The van der Waals surface area contributed by atoms with Gasteiger partial charge in [-0.05, 0) is 38.8 Å². The lowest BCUT2D eigenvalue weighted by atomic mass is 9.77. The van der Waals surface area contributed by atoms with Crippen LogP contribution in [0, 0.1) is 0 Å². The first-order valence-electron chi connectivity index (χ1n) is 4.28. The van der Waals surface area contributed by atoms with Crippen LogP contribution in [-0.4, -0.2) is 11.6 Å². The molecule has 1 rings (SSSR count). The minimum Gasteiger partial charge on any atom is -0.323 e. The largest absolute Gasteiger partial charge is 0.323 e. The Kier molecular flexibility index (Phi) is 2.15. The van der Waals surface area contributed by atoms with Gasteiger partial charge in [0.15, 0.2) is 0 Å². The van der Waals surface area contributed by atoms with Crippen molar-refractivity contribution >= 4 is 0 Å². The SMILES string of the molecule is CC1=CC(N)C(C)(N)C(C)=C1C. The van der Waals surface area contributed by atoms with E-state index in [-0.39, 0.29) is 11.6 Å². The molecule has 0 aromatic carbocycles. The molecule has 12 heavy (non-hydrogen) atoms.